The van der Waals surface area contributed by atoms with Gasteiger partial charge in [0.05, 0.1) is 10.9 Å². The highest BCUT2D eigenvalue weighted by atomic mass is 32.2. The number of thioether (sulfide) groups is 1. The molecule has 0 aromatic heterocycles. The Hall–Kier alpha value is -2.17. The fourth-order valence-corrected chi connectivity index (χ4v) is 4.08. The molecule has 3 aromatic rings. The summed E-state index contributed by atoms with van der Waals surface area (Å²) in [7, 11) is 0. The van der Waals surface area contributed by atoms with Crippen molar-refractivity contribution in [1.29, 1.82) is 0 Å². The van der Waals surface area contributed by atoms with E-state index in [0.29, 0.717) is 0 Å². The molecule has 1 atom stereocenters. The molecule has 1 amide bonds. The molecule has 1 N–H and O–H groups in total. The van der Waals surface area contributed by atoms with E-state index in [9.17, 15) is 4.79 Å². The Labute approximate surface area is 157 Å². The molecule has 0 aliphatic carbocycles. The maximum atomic E-state index is 12.6. The van der Waals surface area contributed by atoms with Crippen molar-refractivity contribution >= 4 is 35.1 Å². The maximum absolute atomic E-state index is 12.6. The smallest absolute Gasteiger partial charge is 0.237 e. The van der Waals surface area contributed by atoms with Gasteiger partial charge in [-0.15, -0.1) is 11.8 Å². The van der Waals surface area contributed by atoms with E-state index in [1.807, 2.05) is 79.7 Å². The molecule has 0 saturated heterocycles. The number of anilines is 1. The molecule has 126 valence electrons. The molecule has 3 rings (SSSR count). The van der Waals surface area contributed by atoms with E-state index in [4.69, 9.17) is 0 Å². The van der Waals surface area contributed by atoms with E-state index in [1.165, 1.54) is 0 Å². The first-order chi connectivity index (χ1) is 12.2. The zero-order valence-corrected chi connectivity index (χ0v) is 15.5. The van der Waals surface area contributed by atoms with Crippen molar-refractivity contribution in [3.8, 4) is 0 Å². The lowest BCUT2D eigenvalue weighted by molar-refractivity contribution is -0.115. The molecule has 0 aliphatic rings. The fourth-order valence-electron chi connectivity index (χ4n) is 2.27. The van der Waals surface area contributed by atoms with Crippen molar-refractivity contribution in [3.05, 3.63) is 84.9 Å². The SMILES string of the molecule is CC(Sc1ccccc1)C(=O)Nc1ccccc1Sc1ccccc1. The molecule has 0 spiro atoms. The summed E-state index contributed by atoms with van der Waals surface area (Å²) in [4.78, 5) is 15.9. The number of rotatable bonds is 6. The quantitative estimate of drug-likeness (QED) is 0.547. The second-order valence-corrected chi connectivity index (χ2v) is 8.00. The highest BCUT2D eigenvalue weighted by Crippen LogP contribution is 2.33. The van der Waals surface area contributed by atoms with E-state index in [1.54, 1.807) is 23.5 Å². The van der Waals surface area contributed by atoms with E-state index in [0.717, 1.165) is 20.4 Å². The molecule has 4 heteroatoms. The molecule has 3 aromatic carbocycles. The largest absolute Gasteiger partial charge is 0.324 e. The third-order valence-corrected chi connectivity index (χ3v) is 5.74. The van der Waals surface area contributed by atoms with E-state index in [2.05, 4.69) is 17.4 Å². The zero-order valence-electron chi connectivity index (χ0n) is 13.9. The lowest BCUT2D eigenvalue weighted by Crippen LogP contribution is -2.22. The highest BCUT2D eigenvalue weighted by Gasteiger charge is 2.16. The maximum Gasteiger partial charge on any atom is 0.237 e. The van der Waals surface area contributed by atoms with Crippen LogP contribution in [0.3, 0.4) is 0 Å². The monoisotopic (exact) mass is 365 g/mol. The van der Waals surface area contributed by atoms with Gasteiger partial charge in [-0.3, -0.25) is 4.79 Å². The minimum absolute atomic E-state index is 0.00923. The molecule has 0 heterocycles. The Morgan fingerprint density at radius 3 is 2.04 bits per heavy atom. The Balaban J connectivity index is 1.69. The Morgan fingerprint density at radius 2 is 1.36 bits per heavy atom. The number of para-hydroxylation sites is 1. The summed E-state index contributed by atoms with van der Waals surface area (Å²) in [6.07, 6.45) is 0. The van der Waals surface area contributed by atoms with Gasteiger partial charge in [-0.1, -0.05) is 60.3 Å². The number of carbonyl (C=O) groups is 1. The predicted molar refractivity (Wildman–Crippen MR) is 107 cm³/mol. The van der Waals surface area contributed by atoms with Gasteiger partial charge < -0.3 is 5.32 Å². The van der Waals surface area contributed by atoms with Gasteiger partial charge in [-0.2, -0.15) is 0 Å². The number of carbonyl (C=O) groups excluding carboxylic acids is 1. The third kappa shape index (κ3) is 5.15. The summed E-state index contributed by atoms with van der Waals surface area (Å²) in [5, 5.41) is 2.90. The van der Waals surface area contributed by atoms with Crippen LogP contribution >= 0.6 is 23.5 Å². The van der Waals surface area contributed by atoms with Crippen LogP contribution in [0.2, 0.25) is 0 Å². The topological polar surface area (TPSA) is 29.1 Å². The van der Waals surface area contributed by atoms with Crippen molar-refractivity contribution in [2.75, 3.05) is 5.32 Å². The van der Waals surface area contributed by atoms with Crippen LogP contribution in [0.4, 0.5) is 5.69 Å². The summed E-state index contributed by atoms with van der Waals surface area (Å²) in [5.74, 6) is 0.00923. The standard InChI is InChI=1S/C21H19NOS2/c1-16(24-17-10-4-2-5-11-17)21(23)22-19-14-8-9-15-20(19)25-18-12-6-3-7-13-18/h2-16H,1H3,(H,22,23). The van der Waals surface area contributed by atoms with Crippen LogP contribution < -0.4 is 5.32 Å². The van der Waals surface area contributed by atoms with E-state index in [-0.39, 0.29) is 11.2 Å². The highest BCUT2D eigenvalue weighted by molar-refractivity contribution is 8.00. The van der Waals surface area contributed by atoms with E-state index < -0.39 is 0 Å². The first kappa shape index (κ1) is 17.6. The normalized spacial score (nSPS) is 11.7. The van der Waals surface area contributed by atoms with Crippen molar-refractivity contribution in [2.24, 2.45) is 0 Å². The van der Waals surface area contributed by atoms with Crippen LogP contribution in [0.5, 0.6) is 0 Å². The second-order valence-electron chi connectivity index (χ2n) is 5.47. The van der Waals surface area contributed by atoms with Gasteiger partial charge in [-0.25, -0.2) is 0 Å². The van der Waals surface area contributed by atoms with Crippen molar-refractivity contribution < 1.29 is 4.79 Å². The Morgan fingerprint density at radius 1 is 0.800 bits per heavy atom. The van der Waals surface area contributed by atoms with Crippen LogP contribution in [-0.4, -0.2) is 11.2 Å². The number of hydrogen-bond acceptors (Lipinski definition) is 3. The van der Waals surface area contributed by atoms with Crippen molar-refractivity contribution in [3.63, 3.8) is 0 Å². The molecule has 0 bridgehead atoms. The van der Waals surface area contributed by atoms with Gasteiger partial charge in [0.2, 0.25) is 5.91 Å². The molecular formula is C21H19NOS2. The molecule has 0 saturated carbocycles. The molecule has 0 fully saturated rings. The van der Waals surface area contributed by atoms with Crippen molar-refractivity contribution in [2.45, 2.75) is 26.9 Å². The predicted octanol–water partition coefficient (Wildman–Crippen LogP) is 5.96. The number of amides is 1. The van der Waals surface area contributed by atoms with Crippen LogP contribution in [0.25, 0.3) is 0 Å². The summed E-state index contributed by atoms with van der Waals surface area (Å²) < 4.78 is 0. The van der Waals surface area contributed by atoms with Gasteiger partial charge in [0.25, 0.3) is 0 Å². The summed E-state index contributed by atoms with van der Waals surface area (Å²) in [6.45, 7) is 1.93. The van der Waals surface area contributed by atoms with Crippen LogP contribution in [0.1, 0.15) is 6.92 Å². The Kier molecular flexibility index (Phi) is 6.20. The lowest BCUT2D eigenvalue weighted by Gasteiger charge is -2.14. The molecular weight excluding hydrogens is 346 g/mol. The summed E-state index contributed by atoms with van der Waals surface area (Å²) in [5.41, 5.74) is 0.849. The number of benzene rings is 3. The number of hydrogen-bond donors (Lipinski definition) is 1. The van der Waals surface area contributed by atoms with Gasteiger partial charge in [0.1, 0.15) is 0 Å². The number of nitrogens with one attached hydrogen (secondary N) is 1. The second kappa shape index (κ2) is 8.79. The fraction of sp³-hybridized carbons (Fsp3) is 0.0952. The summed E-state index contributed by atoms with van der Waals surface area (Å²) >= 11 is 3.21. The molecule has 1 unspecified atom stereocenters. The zero-order chi connectivity index (χ0) is 17.5. The summed E-state index contributed by atoms with van der Waals surface area (Å²) in [6, 6.07) is 28.1. The van der Waals surface area contributed by atoms with Gasteiger partial charge in [0, 0.05) is 14.7 Å². The average molecular weight is 366 g/mol. The van der Waals surface area contributed by atoms with Gasteiger partial charge in [-0.05, 0) is 43.3 Å². The van der Waals surface area contributed by atoms with Crippen LogP contribution in [0, 0.1) is 0 Å². The first-order valence-electron chi connectivity index (χ1n) is 8.07. The Bertz CT molecular complexity index is 822. The van der Waals surface area contributed by atoms with Crippen LogP contribution in [-0.2, 0) is 4.79 Å². The van der Waals surface area contributed by atoms with Gasteiger partial charge >= 0.3 is 0 Å². The molecule has 25 heavy (non-hydrogen) atoms. The molecule has 2 nitrogen and oxygen atoms in total. The lowest BCUT2D eigenvalue weighted by atomic mass is 10.3. The first-order valence-corrected chi connectivity index (χ1v) is 9.76. The minimum atomic E-state index is -0.169. The van der Waals surface area contributed by atoms with E-state index >= 15 is 0 Å². The van der Waals surface area contributed by atoms with Crippen molar-refractivity contribution in [1.82, 2.24) is 0 Å². The third-order valence-electron chi connectivity index (χ3n) is 3.54. The minimum Gasteiger partial charge on any atom is -0.324 e. The van der Waals surface area contributed by atoms with Gasteiger partial charge in [0.15, 0.2) is 0 Å². The van der Waals surface area contributed by atoms with Crippen LogP contribution in [0.15, 0.2) is 99.6 Å². The molecule has 0 aliphatic heterocycles. The molecule has 0 radical (unpaired) electrons. The average Bonchev–Trinajstić information content (AvgIpc) is 2.65.